The lowest BCUT2D eigenvalue weighted by molar-refractivity contribution is 0.362. The first kappa shape index (κ1) is 16.3. The number of sulfone groups is 1. The first-order chi connectivity index (χ1) is 10.5. The normalized spacial score (nSPS) is 11.7. The summed E-state index contributed by atoms with van der Waals surface area (Å²) in [5.41, 5.74) is 2.22. The second-order valence-electron chi connectivity index (χ2n) is 5.19. The van der Waals surface area contributed by atoms with Crippen LogP contribution >= 0.6 is 0 Å². The number of benzene rings is 2. The zero-order valence-corrected chi connectivity index (χ0v) is 13.6. The average molecular weight is 316 g/mol. The fraction of sp³-hybridized carbons (Fsp3) is 0.222. The van der Waals surface area contributed by atoms with Crippen LogP contribution in [0.25, 0.3) is 0 Å². The topological polar surface area (TPSA) is 43.4 Å². The van der Waals surface area contributed by atoms with Crippen molar-refractivity contribution in [1.82, 2.24) is 0 Å². The molecule has 0 radical (unpaired) electrons. The maximum atomic E-state index is 12.1. The molecule has 0 bridgehead atoms. The van der Waals surface area contributed by atoms with Crippen LogP contribution in [0.1, 0.15) is 11.1 Å². The van der Waals surface area contributed by atoms with Crippen LogP contribution in [0.2, 0.25) is 0 Å². The van der Waals surface area contributed by atoms with Crippen molar-refractivity contribution in [2.75, 3.05) is 12.4 Å². The van der Waals surface area contributed by atoms with E-state index in [4.69, 9.17) is 4.74 Å². The Morgan fingerprint density at radius 3 is 2.00 bits per heavy atom. The largest absolute Gasteiger partial charge is 0.490 e. The minimum Gasteiger partial charge on any atom is -0.490 e. The van der Waals surface area contributed by atoms with Gasteiger partial charge in [-0.25, -0.2) is 8.42 Å². The summed E-state index contributed by atoms with van der Waals surface area (Å²) in [6, 6.07) is 14.6. The van der Waals surface area contributed by atoms with E-state index < -0.39 is 9.84 Å². The molecular weight excluding hydrogens is 296 g/mol. The highest BCUT2D eigenvalue weighted by atomic mass is 32.2. The van der Waals surface area contributed by atoms with Gasteiger partial charge in [-0.3, -0.25) is 0 Å². The molecule has 0 amide bonds. The molecule has 0 aromatic heterocycles. The second-order valence-corrected chi connectivity index (χ2v) is 7.22. The predicted molar refractivity (Wildman–Crippen MR) is 89.0 cm³/mol. The molecule has 0 fully saturated rings. The van der Waals surface area contributed by atoms with Crippen LogP contribution in [0, 0.1) is 13.8 Å². The maximum absolute atomic E-state index is 12.1. The molecular formula is C18H20O3S. The van der Waals surface area contributed by atoms with Crippen molar-refractivity contribution < 1.29 is 13.2 Å². The van der Waals surface area contributed by atoms with Gasteiger partial charge < -0.3 is 4.74 Å². The minimum atomic E-state index is -3.27. The van der Waals surface area contributed by atoms with Gasteiger partial charge in [0.05, 0.1) is 10.6 Å². The molecule has 22 heavy (non-hydrogen) atoms. The van der Waals surface area contributed by atoms with Crippen LogP contribution < -0.4 is 4.74 Å². The third kappa shape index (κ3) is 4.74. The molecule has 116 valence electrons. The first-order valence-electron chi connectivity index (χ1n) is 7.11. The van der Waals surface area contributed by atoms with Crippen molar-refractivity contribution >= 4 is 9.84 Å². The molecule has 2 aromatic rings. The van der Waals surface area contributed by atoms with Crippen LogP contribution in [0.4, 0.5) is 0 Å². The Balaban J connectivity index is 1.86. The van der Waals surface area contributed by atoms with Gasteiger partial charge >= 0.3 is 0 Å². The Hall–Kier alpha value is -2.07. The van der Waals surface area contributed by atoms with Crippen molar-refractivity contribution in [2.45, 2.75) is 18.7 Å². The van der Waals surface area contributed by atoms with E-state index in [0.717, 1.165) is 11.3 Å². The van der Waals surface area contributed by atoms with Crippen LogP contribution in [-0.2, 0) is 9.84 Å². The second kappa shape index (κ2) is 7.27. The Morgan fingerprint density at radius 1 is 0.864 bits per heavy atom. The predicted octanol–water partition coefficient (Wildman–Crippen LogP) is 3.71. The van der Waals surface area contributed by atoms with Crippen LogP contribution in [0.5, 0.6) is 5.75 Å². The Kier molecular flexibility index (Phi) is 5.39. The molecule has 0 heterocycles. The van der Waals surface area contributed by atoms with Gasteiger partial charge in [0, 0.05) is 0 Å². The number of ether oxygens (including phenoxy) is 1. The molecule has 0 aliphatic carbocycles. The van der Waals surface area contributed by atoms with E-state index in [1.165, 1.54) is 5.56 Å². The van der Waals surface area contributed by atoms with Gasteiger partial charge in [-0.15, -0.1) is 0 Å². The molecule has 0 spiro atoms. The molecule has 0 saturated heterocycles. The molecule has 2 rings (SSSR count). The summed E-state index contributed by atoms with van der Waals surface area (Å²) >= 11 is 0. The molecule has 0 atom stereocenters. The van der Waals surface area contributed by atoms with E-state index >= 15 is 0 Å². The molecule has 0 saturated carbocycles. The SMILES string of the molecule is Cc1ccc(OCC=CCS(=O)(=O)c2ccc(C)cc2)cc1. The molecule has 0 aliphatic heterocycles. The van der Waals surface area contributed by atoms with E-state index in [2.05, 4.69) is 0 Å². The number of rotatable bonds is 6. The third-order valence-corrected chi connectivity index (χ3v) is 4.85. The van der Waals surface area contributed by atoms with Gasteiger partial charge in [0.1, 0.15) is 12.4 Å². The van der Waals surface area contributed by atoms with E-state index in [0.29, 0.717) is 11.5 Å². The Labute approximate surface area is 132 Å². The molecule has 3 nitrogen and oxygen atoms in total. The van der Waals surface area contributed by atoms with Gasteiger partial charge in [0.25, 0.3) is 0 Å². The maximum Gasteiger partial charge on any atom is 0.181 e. The van der Waals surface area contributed by atoms with Crippen LogP contribution in [-0.4, -0.2) is 20.8 Å². The van der Waals surface area contributed by atoms with Gasteiger partial charge in [-0.2, -0.15) is 0 Å². The summed E-state index contributed by atoms with van der Waals surface area (Å²) in [6.07, 6.45) is 3.36. The fourth-order valence-corrected chi connectivity index (χ4v) is 3.02. The molecule has 2 aromatic carbocycles. The third-order valence-electron chi connectivity index (χ3n) is 3.23. The number of hydrogen-bond donors (Lipinski definition) is 0. The molecule has 0 aliphatic rings. The zero-order valence-electron chi connectivity index (χ0n) is 12.8. The van der Waals surface area contributed by atoms with Gasteiger partial charge in [-0.1, -0.05) is 47.5 Å². The summed E-state index contributed by atoms with van der Waals surface area (Å²) in [4.78, 5) is 0.349. The molecule has 0 unspecified atom stereocenters. The zero-order chi connectivity index (χ0) is 16.0. The highest BCUT2D eigenvalue weighted by Gasteiger charge is 2.11. The Morgan fingerprint density at radius 2 is 1.41 bits per heavy atom. The van der Waals surface area contributed by atoms with Crippen molar-refractivity contribution in [3.05, 3.63) is 71.8 Å². The summed E-state index contributed by atoms with van der Waals surface area (Å²) < 4.78 is 29.8. The van der Waals surface area contributed by atoms with Crippen molar-refractivity contribution in [3.63, 3.8) is 0 Å². The van der Waals surface area contributed by atoms with E-state index in [-0.39, 0.29) is 5.75 Å². The monoisotopic (exact) mass is 316 g/mol. The van der Waals surface area contributed by atoms with Gasteiger partial charge in [-0.05, 0) is 38.1 Å². The summed E-state index contributed by atoms with van der Waals surface area (Å²) in [5, 5.41) is 0. The summed E-state index contributed by atoms with van der Waals surface area (Å²) in [6.45, 7) is 4.30. The lowest BCUT2D eigenvalue weighted by Crippen LogP contribution is -2.05. The van der Waals surface area contributed by atoms with Crippen LogP contribution in [0.15, 0.2) is 65.6 Å². The van der Waals surface area contributed by atoms with Crippen molar-refractivity contribution in [3.8, 4) is 5.75 Å². The van der Waals surface area contributed by atoms with Crippen molar-refractivity contribution in [1.29, 1.82) is 0 Å². The van der Waals surface area contributed by atoms with E-state index in [1.54, 1.807) is 36.4 Å². The summed E-state index contributed by atoms with van der Waals surface area (Å²) in [5.74, 6) is 0.754. The quantitative estimate of drug-likeness (QED) is 0.763. The smallest absolute Gasteiger partial charge is 0.181 e. The number of aryl methyl sites for hydroxylation is 2. The van der Waals surface area contributed by atoms with E-state index in [1.807, 2.05) is 38.1 Å². The molecule has 4 heteroatoms. The highest BCUT2D eigenvalue weighted by Crippen LogP contribution is 2.13. The first-order valence-corrected chi connectivity index (χ1v) is 8.76. The average Bonchev–Trinajstić information content (AvgIpc) is 2.49. The fourth-order valence-electron chi connectivity index (χ4n) is 1.88. The summed E-state index contributed by atoms with van der Waals surface area (Å²) in [7, 11) is -3.27. The number of hydrogen-bond acceptors (Lipinski definition) is 3. The lowest BCUT2D eigenvalue weighted by atomic mass is 10.2. The van der Waals surface area contributed by atoms with Gasteiger partial charge in [0.2, 0.25) is 0 Å². The standard InChI is InChI=1S/C18H20O3S/c1-15-5-9-17(10-6-15)21-13-3-4-14-22(19,20)18-11-7-16(2)8-12-18/h3-12H,13-14H2,1-2H3. The van der Waals surface area contributed by atoms with E-state index in [9.17, 15) is 8.42 Å². The Bertz CT molecular complexity index is 727. The minimum absolute atomic E-state index is 0.0205. The molecule has 0 N–H and O–H groups in total. The lowest BCUT2D eigenvalue weighted by Gasteiger charge is -2.04. The highest BCUT2D eigenvalue weighted by molar-refractivity contribution is 7.91. The van der Waals surface area contributed by atoms with Gasteiger partial charge in [0.15, 0.2) is 9.84 Å². The van der Waals surface area contributed by atoms with Crippen molar-refractivity contribution in [2.24, 2.45) is 0 Å². The van der Waals surface area contributed by atoms with Crippen LogP contribution in [0.3, 0.4) is 0 Å².